The van der Waals surface area contributed by atoms with E-state index in [0.717, 1.165) is 25.9 Å². The molecule has 4 heteroatoms. The second-order valence-electron chi connectivity index (χ2n) is 4.24. The second-order valence-corrected chi connectivity index (χ2v) is 4.24. The minimum atomic E-state index is 0.0923. The standard InChI is InChI=1S/C11H25N3O/c1-5-7-12-9-11(15)13-10(2)6-8-14(3)4/h10,12H,5-9H2,1-4H3,(H,13,15). The summed E-state index contributed by atoms with van der Waals surface area (Å²) < 4.78 is 0. The van der Waals surface area contributed by atoms with Crippen molar-refractivity contribution in [1.82, 2.24) is 15.5 Å². The molecule has 0 aromatic rings. The van der Waals surface area contributed by atoms with Crippen molar-refractivity contribution in [2.24, 2.45) is 0 Å². The molecule has 1 unspecified atom stereocenters. The van der Waals surface area contributed by atoms with E-state index in [1.165, 1.54) is 0 Å². The van der Waals surface area contributed by atoms with Crippen LogP contribution in [-0.4, -0.2) is 50.6 Å². The number of nitrogens with zero attached hydrogens (tertiary/aromatic N) is 1. The van der Waals surface area contributed by atoms with Crippen molar-refractivity contribution in [3.8, 4) is 0 Å². The third-order valence-corrected chi connectivity index (χ3v) is 2.13. The second kappa shape index (κ2) is 8.68. The van der Waals surface area contributed by atoms with Gasteiger partial charge in [-0.25, -0.2) is 0 Å². The lowest BCUT2D eigenvalue weighted by Crippen LogP contribution is -2.40. The Morgan fingerprint density at radius 3 is 2.60 bits per heavy atom. The van der Waals surface area contributed by atoms with Crippen LogP contribution in [0.1, 0.15) is 26.7 Å². The average Bonchev–Trinajstić information content (AvgIpc) is 2.15. The van der Waals surface area contributed by atoms with Gasteiger partial charge >= 0.3 is 0 Å². The molecule has 0 rings (SSSR count). The first-order chi connectivity index (χ1) is 7.06. The quantitative estimate of drug-likeness (QED) is 0.578. The van der Waals surface area contributed by atoms with Crippen molar-refractivity contribution in [2.75, 3.05) is 33.7 Å². The van der Waals surface area contributed by atoms with E-state index in [-0.39, 0.29) is 11.9 Å². The van der Waals surface area contributed by atoms with Crippen LogP contribution in [-0.2, 0) is 4.79 Å². The summed E-state index contributed by atoms with van der Waals surface area (Å²) in [6.45, 7) is 6.47. The number of hydrogen-bond acceptors (Lipinski definition) is 3. The lowest BCUT2D eigenvalue weighted by atomic mass is 10.2. The van der Waals surface area contributed by atoms with Crippen LogP contribution in [0.4, 0.5) is 0 Å². The van der Waals surface area contributed by atoms with Gasteiger partial charge < -0.3 is 15.5 Å². The van der Waals surface area contributed by atoms with Crippen molar-refractivity contribution < 1.29 is 4.79 Å². The predicted molar refractivity (Wildman–Crippen MR) is 63.9 cm³/mol. The van der Waals surface area contributed by atoms with Crippen LogP contribution in [0.5, 0.6) is 0 Å². The van der Waals surface area contributed by atoms with Gasteiger partial charge in [-0.1, -0.05) is 6.92 Å². The highest BCUT2D eigenvalue weighted by atomic mass is 16.1. The van der Waals surface area contributed by atoms with Crippen molar-refractivity contribution in [3.63, 3.8) is 0 Å². The molecule has 0 aliphatic heterocycles. The van der Waals surface area contributed by atoms with E-state index in [2.05, 4.69) is 22.5 Å². The normalized spacial score (nSPS) is 12.9. The molecule has 0 fully saturated rings. The molecule has 0 heterocycles. The summed E-state index contributed by atoms with van der Waals surface area (Å²) in [5.74, 6) is 0.0923. The molecule has 1 atom stereocenters. The number of nitrogens with one attached hydrogen (secondary N) is 2. The molecule has 0 radical (unpaired) electrons. The Balaban J connectivity index is 3.49. The Morgan fingerprint density at radius 2 is 2.07 bits per heavy atom. The van der Waals surface area contributed by atoms with Gasteiger partial charge in [-0.05, 0) is 47.0 Å². The molecule has 0 aliphatic carbocycles. The monoisotopic (exact) mass is 215 g/mol. The molecule has 4 nitrogen and oxygen atoms in total. The van der Waals surface area contributed by atoms with Gasteiger partial charge in [0.1, 0.15) is 0 Å². The summed E-state index contributed by atoms with van der Waals surface area (Å²) in [7, 11) is 4.08. The minimum Gasteiger partial charge on any atom is -0.352 e. The lowest BCUT2D eigenvalue weighted by molar-refractivity contribution is -0.120. The molecule has 0 bridgehead atoms. The van der Waals surface area contributed by atoms with E-state index >= 15 is 0 Å². The van der Waals surface area contributed by atoms with E-state index in [1.807, 2.05) is 21.0 Å². The van der Waals surface area contributed by atoms with Crippen LogP contribution in [0.25, 0.3) is 0 Å². The van der Waals surface area contributed by atoms with Gasteiger partial charge in [0.2, 0.25) is 5.91 Å². The van der Waals surface area contributed by atoms with Crippen LogP contribution in [0, 0.1) is 0 Å². The fourth-order valence-corrected chi connectivity index (χ4v) is 1.23. The molecular weight excluding hydrogens is 190 g/mol. The molecule has 0 aromatic carbocycles. The molecule has 0 saturated carbocycles. The highest BCUT2D eigenvalue weighted by molar-refractivity contribution is 5.78. The maximum atomic E-state index is 11.4. The maximum absolute atomic E-state index is 11.4. The fraction of sp³-hybridized carbons (Fsp3) is 0.909. The van der Waals surface area contributed by atoms with Crippen molar-refractivity contribution in [3.05, 3.63) is 0 Å². The summed E-state index contributed by atoms with van der Waals surface area (Å²) in [4.78, 5) is 13.5. The average molecular weight is 215 g/mol. The highest BCUT2D eigenvalue weighted by Gasteiger charge is 2.06. The van der Waals surface area contributed by atoms with E-state index in [4.69, 9.17) is 0 Å². The molecule has 0 saturated heterocycles. The third kappa shape index (κ3) is 9.69. The number of amides is 1. The molecular formula is C11H25N3O. The van der Waals surface area contributed by atoms with E-state index in [0.29, 0.717) is 6.54 Å². The molecule has 0 aliphatic rings. The summed E-state index contributed by atoms with van der Waals surface area (Å²) in [5, 5.41) is 6.05. The van der Waals surface area contributed by atoms with Gasteiger partial charge in [0.15, 0.2) is 0 Å². The van der Waals surface area contributed by atoms with Gasteiger partial charge in [0, 0.05) is 6.04 Å². The summed E-state index contributed by atoms with van der Waals surface area (Å²) in [6, 6.07) is 0.253. The summed E-state index contributed by atoms with van der Waals surface area (Å²) in [6.07, 6.45) is 2.05. The van der Waals surface area contributed by atoms with Crippen LogP contribution < -0.4 is 10.6 Å². The van der Waals surface area contributed by atoms with E-state index < -0.39 is 0 Å². The molecule has 1 amide bonds. The molecule has 2 N–H and O–H groups in total. The lowest BCUT2D eigenvalue weighted by Gasteiger charge is -2.16. The molecule has 90 valence electrons. The van der Waals surface area contributed by atoms with Crippen molar-refractivity contribution >= 4 is 5.91 Å². The molecule has 0 aromatic heterocycles. The zero-order valence-corrected chi connectivity index (χ0v) is 10.5. The number of rotatable bonds is 8. The Labute approximate surface area is 93.4 Å². The third-order valence-electron chi connectivity index (χ3n) is 2.13. The molecule has 15 heavy (non-hydrogen) atoms. The summed E-state index contributed by atoms with van der Waals surface area (Å²) in [5.41, 5.74) is 0. The van der Waals surface area contributed by atoms with Crippen LogP contribution >= 0.6 is 0 Å². The Hall–Kier alpha value is -0.610. The van der Waals surface area contributed by atoms with Crippen LogP contribution in [0.3, 0.4) is 0 Å². The van der Waals surface area contributed by atoms with E-state index in [1.54, 1.807) is 0 Å². The highest BCUT2D eigenvalue weighted by Crippen LogP contribution is 1.91. The fourth-order valence-electron chi connectivity index (χ4n) is 1.23. The van der Waals surface area contributed by atoms with Crippen LogP contribution in [0.15, 0.2) is 0 Å². The first-order valence-corrected chi connectivity index (χ1v) is 5.71. The smallest absolute Gasteiger partial charge is 0.234 e. The summed E-state index contributed by atoms with van der Waals surface area (Å²) >= 11 is 0. The maximum Gasteiger partial charge on any atom is 0.234 e. The van der Waals surface area contributed by atoms with Crippen molar-refractivity contribution in [1.29, 1.82) is 0 Å². The number of hydrogen-bond donors (Lipinski definition) is 2. The Kier molecular flexibility index (Phi) is 8.33. The minimum absolute atomic E-state index is 0.0923. The first kappa shape index (κ1) is 14.4. The number of carbonyl (C=O) groups is 1. The molecule has 0 spiro atoms. The SMILES string of the molecule is CCCNCC(=O)NC(C)CCN(C)C. The Morgan fingerprint density at radius 1 is 1.40 bits per heavy atom. The van der Waals surface area contributed by atoms with Gasteiger partial charge in [0.05, 0.1) is 6.54 Å². The van der Waals surface area contributed by atoms with Gasteiger partial charge in [-0.2, -0.15) is 0 Å². The first-order valence-electron chi connectivity index (χ1n) is 5.71. The van der Waals surface area contributed by atoms with Crippen molar-refractivity contribution in [2.45, 2.75) is 32.7 Å². The topological polar surface area (TPSA) is 44.4 Å². The van der Waals surface area contributed by atoms with Gasteiger partial charge in [-0.15, -0.1) is 0 Å². The zero-order chi connectivity index (χ0) is 11.7. The largest absolute Gasteiger partial charge is 0.352 e. The Bertz CT molecular complexity index is 171. The number of carbonyl (C=O) groups excluding carboxylic acids is 1. The van der Waals surface area contributed by atoms with Gasteiger partial charge in [-0.3, -0.25) is 4.79 Å². The van der Waals surface area contributed by atoms with Gasteiger partial charge in [0.25, 0.3) is 0 Å². The van der Waals surface area contributed by atoms with Crippen LogP contribution in [0.2, 0.25) is 0 Å². The zero-order valence-electron chi connectivity index (χ0n) is 10.5. The predicted octanol–water partition coefficient (Wildman–Crippen LogP) is 0.442. The van der Waals surface area contributed by atoms with E-state index in [9.17, 15) is 4.79 Å².